The molecular weight excluding hydrogens is 458 g/mol. The van der Waals surface area contributed by atoms with E-state index >= 15 is 0 Å². The van der Waals surface area contributed by atoms with Crippen LogP contribution >= 0.6 is 0 Å². The number of carbonyl (C=O) groups is 2. The highest BCUT2D eigenvalue weighted by molar-refractivity contribution is 5.90. The lowest BCUT2D eigenvalue weighted by Gasteiger charge is -2.34. The van der Waals surface area contributed by atoms with Crippen molar-refractivity contribution in [2.75, 3.05) is 6.54 Å². The van der Waals surface area contributed by atoms with Crippen molar-refractivity contribution >= 4 is 11.8 Å². The van der Waals surface area contributed by atoms with Crippen LogP contribution in [0, 0.1) is 12.3 Å². The van der Waals surface area contributed by atoms with Crippen LogP contribution in [0.2, 0.25) is 0 Å². The Hall–Kier alpha value is -2.75. The standard InChI is InChI=1S/C26H41N7O3/c1-15(19-13-33(26(6,7)8)29-16(19)2)27-23(35)21-11-18(34)12-31(21)24(36)22(25(3,4)5)32-14-20(28-30-32)17-9-10-17/h13-15,17-18,21-22,34H,9-12H2,1-8H3,(H,27,35)/t15?,18-,21+,22-/m0/s1. The minimum atomic E-state index is -0.760. The van der Waals surface area contributed by atoms with Crippen molar-refractivity contribution in [2.24, 2.45) is 5.41 Å². The number of hydrogen-bond acceptors (Lipinski definition) is 6. The Labute approximate surface area is 213 Å². The number of β-amino-alcohol motifs (C(OH)–C–C–N with tert-alkyl or cyclic N) is 1. The molecule has 0 bridgehead atoms. The highest BCUT2D eigenvalue weighted by atomic mass is 16.3. The Balaban J connectivity index is 1.54. The number of amides is 2. The summed E-state index contributed by atoms with van der Waals surface area (Å²) in [5.74, 6) is -0.0785. The predicted octanol–water partition coefficient (Wildman–Crippen LogP) is 2.84. The van der Waals surface area contributed by atoms with Gasteiger partial charge in [0, 0.05) is 36.8 Å². The van der Waals surface area contributed by atoms with E-state index in [0.717, 1.165) is 29.8 Å². The Morgan fingerprint density at radius 1 is 1.14 bits per heavy atom. The number of aryl methyl sites for hydroxylation is 1. The zero-order valence-corrected chi connectivity index (χ0v) is 22.8. The van der Waals surface area contributed by atoms with Gasteiger partial charge in [-0.3, -0.25) is 14.3 Å². The molecule has 1 unspecified atom stereocenters. The van der Waals surface area contributed by atoms with E-state index in [9.17, 15) is 14.7 Å². The number of hydrogen-bond donors (Lipinski definition) is 2. The van der Waals surface area contributed by atoms with E-state index in [1.165, 1.54) is 4.90 Å². The first kappa shape index (κ1) is 26.3. The third-order valence-electron chi connectivity index (χ3n) is 7.16. The van der Waals surface area contributed by atoms with E-state index < -0.39 is 23.6 Å². The molecule has 2 aliphatic rings. The number of aliphatic hydroxyl groups excluding tert-OH is 1. The first-order valence-electron chi connectivity index (χ1n) is 12.9. The van der Waals surface area contributed by atoms with Gasteiger partial charge in [0.1, 0.15) is 12.1 Å². The van der Waals surface area contributed by atoms with Crippen LogP contribution in [0.25, 0.3) is 0 Å². The van der Waals surface area contributed by atoms with Gasteiger partial charge in [-0.25, -0.2) is 4.68 Å². The van der Waals surface area contributed by atoms with Crippen LogP contribution < -0.4 is 5.32 Å². The second-order valence-corrected chi connectivity index (χ2v) is 12.6. The summed E-state index contributed by atoms with van der Waals surface area (Å²) in [4.78, 5) is 28.9. The minimum absolute atomic E-state index is 0.114. The number of likely N-dealkylation sites (tertiary alicyclic amines) is 1. The van der Waals surface area contributed by atoms with Gasteiger partial charge >= 0.3 is 0 Å². The summed E-state index contributed by atoms with van der Waals surface area (Å²) >= 11 is 0. The summed E-state index contributed by atoms with van der Waals surface area (Å²) in [6.07, 6.45) is 5.46. The number of aromatic nitrogens is 5. The normalized spacial score (nSPS) is 22.5. The fraction of sp³-hybridized carbons (Fsp3) is 0.731. The molecule has 36 heavy (non-hydrogen) atoms. The lowest BCUT2D eigenvalue weighted by molar-refractivity contribution is -0.144. The van der Waals surface area contributed by atoms with Crippen molar-refractivity contribution in [2.45, 2.75) is 110 Å². The van der Waals surface area contributed by atoms with E-state index in [4.69, 9.17) is 0 Å². The summed E-state index contributed by atoms with van der Waals surface area (Å²) in [5.41, 5.74) is 2.05. The molecule has 198 valence electrons. The van der Waals surface area contributed by atoms with E-state index in [1.807, 2.05) is 51.7 Å². The van der Waals surface area contributed by atoms with Crippen molar-refractivity contribution in [1.29, 1.82) is 0 Å². The molecule has 10 heteroatoms. The monoisotopic (exact) mass is 499 g/mol. The van der Waals surface area contributed by atoms with Crippen molar-refractivity contribution in [3.05, 3.63) is 29.3 Å². The van der Waals surface area contributed by atoms with Gasteiger partial charge in [0.05, 0.1) is 29.1 Å². The molecule has 0 aromatic carbocycles. The molecular formula is C26H41N7O3. The van der Waals surface area contributed by atoms with Gasteiger partial charge in [-0.15, -0.1) is 5.10 Å². The Morgan fingerprint density at radius 3 is 2.36 bits per heavy atom. The highest BCUT2D eigenvalue weighted by Crippen LogP contribution is 2.40. The summed E-state index contributed by atoms with van der Waals surface area (Å²) in [7, 11) is 0. The minimum Gasteiger partial charge on any atom is -0.391 e. The average Bonchev–Trinajstić information content (AvgIpc) is 3.14. The molecule has 3 heterocycles. The SMILES string of the molecule is Cc1nn(C(C)(C)C)cc1C(C)NC(=O)[C@H]1C[C@H](O)CN1C(=O)[C@H](n1cc(C2CC2)nn1)C(C)(C)C. The number of nitrogens with zero attached hydrogens (tertiary/aromatic N) is 6. The molecule has 2 aromatic rings. The molecule has 2 aromatic heterocycles. The summed E-state index contributed by atoms with van der Waals surface area (Å²) in [6.45, 7) is 16.1. The lowest BCUT2D eigenvalue weighted by atomic mass is 9.85. The van der Waals surface area contributed by atoms with Crippen molar-refractivity contribution in [3.63, 3.8) is 0 Å². The quantitative estimate of drug-likeness (QED) is 0.631. The molecule has 4 rings (SSSR count). The van der Waals surface area contributed by atoms with E-state index in [2.05, 4.69) is 41.5 Å². The molecule has 0 radical (unpaired) electrons. The largest absolute Gasteiger partial charge is 0.391 e. The lowest BCUT2D eigenvalue weighted by Crippen LogP contribution is -2.50. The van der Waals surface area contributed by atoms with E-state index in [1.54, 1.807) is 4.68 Å². The van der Waals surface area contributed by atoms with Crippen molar-refractivity contribution < 1.29 is 14.7 Å². The van der Waals surface area contributed by atoms with Crippen molar-refractivity contribution in [3.8, 4) is 0 Å². The zero-order valence-electron chi connectivity index (χ0n) is 22.8. The molecule has 2 fully saturated rings. The third kappa shape index (κ3) is 5.33. The van der Waals surface area contributed by atoms with Crippen LogP contribution in [0.5, 0.6) is 0 Å². The van der Waals surface area contributed by atoms with Gasteiger partial charge < -0.3 is 15.3 Å². The fourth-order valence-electron chi connectivity index (χ4n) is 4.96. The second-order valence-electron chi connectivity index (χ2n) is 12.6. The van der Waals surface area contributed by atoms with Crippen LogP contribution in [0.1, 0.15) is 103 Å². The fourth-order valence-corrected chi connectivity index (χ4v) is 4.96. The van der Waals surface area contributed by atoms with Crippen LogP contribution in [0.4, 0.5) is 0 Å². The first-order valence-corrected chi connectivity index (χ1v) is 12.9. The summed E-state index contributed by atoms with van der Waals surface area (Å²) in [6, 6.07) is -1.69. The Bertz CT molecular complexity index is 1120. The molecule has 1 saturated carbocycles. The maximum Gasteiger partial charge on any atom is 0.248 e. The number of nitrogens with one attached hydrogen (secondary N) is 1. The molecule has 2 N–H and O–H groups in total. The van der Waals surface area contributed by atoms with Crippen LogP contribution in [0.3, 0.4) is 0 Å². The van der Waals surface area contributed by atoms with Crippen LogP contribution in [-0.2, 0) is 15.1 Å². The predicted molar refractivity (Wildman–Crippen MR) is 135 cm³/mol. The molecule has 4 atom stereocenters. The third-order valence-corrected chi connectivity index (χ3v) is 7.16. The molecule has 1 aliphatic carbocycles. The number of rotatable bonds is 6. The molecule has 1 saturated heterocycles. The van der Waals surface area contributed by atoms with E-state index in [0.29, 0.717) is 5.92 Å². The average molecular weight is 500 g/mol. The molecule has 2 amide bonds. The molecule has 10 nitrogen and oxygen atoms in total. The van der Waals surface area contributed by atoms with Gasteiger partial charge in [-0.05, 0) is 52.9 Å². The Kier molecular flexibility index (Phi) is 6.79. The second kappa shape index (κ2) is 9.28. The van der Waals surface area contributed by atoms with Gasteiger partial charge in [-0.1, -0.05) is 26.0 Å². The van der Waals surface area contributed by atoms with Crippen molar-refractivity contribution in [1.82, 2.24) is 35.0 Å². The van der Waals surface area contributed by atoms with Gasteiger partial charge in [0.2, 0.25) is 11.8 Å². The molecule has 0 spiro atoms. The maximum atomic E-state index is 13.9. The number of aliphatic hydroxyl groups is 1. The summed E-state index contributed by atoms with van der Waals surface area (Å²) in [5, 5.41) is 26.7. The summed E-state index contributed by atoms with van der Waals surface area (Å²) < 4.78 is 3.54. The Morgan fingerprint density at radius 2 is 1.81 bits per heavy atom. The topological polar surface area (TPSA) is 118 Å². The first-order chi connectivity index (χ1) is 16.7. The van der Waals surface area contributed by atoms with E-state index in [-0.39, 0.29) is 36.4 Å². The number of carbonyl (C=O) groups excluding carboxylic acids is 2. The van der Waals surface area contributed by atoms with Gasteiger partial charge in [0.15, 0.2) is 0 Å². The van der Waals surface area contributed by atoms with Crippen LogP contribution in [-0.4, -0.2) is 65.3 Å². The maximum absolute atomic E-state index is 13.9. The smallest absolute Gasteiger partial charge is 0.248 e. The van der Waals surface area contributed by atoms with Crippen LogP contribution in [0.15, 0.2) is 12.4 Å². The zero-order chi connectivity index (χ0) is 26.6. The highest BCUT2D eigenvalue weighted by Gasteiger charge is 2.45. The molecule has 1 aliphatic heterocycles. The van der Waals surface area contributed by atoms with Gasteiger partial charge in [0.25, 0.3) is 0 Å². The van der Waals surface area contributed by atoms with Gasteiger partial charge in [-0.2, -0.15) is 5.10 Å².